The molecule has 1 fully saturated rings. The number of hydrogen-bond donors (Lipinski definition) is 2. The zero-order valence-electron chi connectivity index (χ0n) is 20.8. The Morgan fingerprint density at radius 3 is 1.46 bits per heavy atom. The Balaban J connectivity index is 1.59. The molecule has 198 valence electrons. The average Bonchev–Trinajstić information content (AvgIpc) is 3.44. The molecular formula is C29H34O8. The minimum Gasteiger partial charge on any atom is -0.491 e. The molecule has 0 amide bonds. The van der Waals surface area contributed by atoms with Crippen LogP contribution in [0.4, 0.5) is 0 Å². The van der Waals surface area contributed by atoms with E-state index in [1.54, 1.807) is 0 Å². The molecule has 2 unspecified atom stereocenters. The quantitative estimate of drug-likeness (QED) is 0.294. The highest BCUT2D eigenvalue weighted by molar-refractivity contribution is 5.81. The van der Waals surface area contributed by atoms with Crippen LogP contribution >= 0.6 is 0 Å². The minimum absolute atomic E-state index is 0.00175. The average molecular weight is 511 g/mol. The summed E-state index contributed by atoms with van der Waals surface area (Å²) in [7, 11) is 0. The largest absolute Gasteiger partial charge is 0.491 e. The Bertz CT molecular complexity index is 959. The molecule has 0 aliphatic heterocycles. The van der Waals surface area contributed by atoms with E-state index in [0.717, 1.165) is 37.8 Å². The molecular weight excluding hydrogens is 476 g/mol. The third kappa shape index (κ3) is 7.93. The van der Waals surface area contributed by atoms with Crippen molar-refractivity contribution in [2.75, 3.05) is 26.4 Å². The molecule has 0 bridgehead atoms. The van der Waals surface area contributed by atoms with Gasteiger partial charge in [0.1, 0.15) is 50.1 Å². The van der Waals surface area contributed by atoms with Gasteiger partial charge in [0, 0.05) is 17.6 Å². The molecule has 1 aliphatic carbocycles. The maximum Gasteiger partial charge on any atom is 0.330 e. The van der Waals surface area contributed by atoms with Gasteiger partial charge in [0.2, 0.25) is 0 Å². The van der Waals surface area contributed by atoms with Crippen LogP contribution in [-0.4, -0.2) is 60.8 Å². The van der Waals surface area contributed by atoms with Crippen LogP contribution in [0.2, 0.25) is 0 Å². The first-order valence-electron chi connectivity index (χ1n) is 12.3. The van der Waals surface area contributed by atoms with E-state index in [1.807, 2.05) is 24.3 Å². The molecule has 0 saturated heterocycles. The fourth-order valence-electron chi connectivity index (χ4n) is 4.42. The van der Waals surface area contributed by atoms with E-state index >= 15 is 0 Å². The summed E-state index contributed by atoms with van der Waals surface area (Å²) in [5.74, 6) is 0.0575. The zero-order chi connectivity index (χ0) is 26.7. The van der Waals surface area contributed by atoms with Crippen LogP contribution in [0.25, 0.3) is 0 Å². The number of hydrogen-bond acceptors (Lipinski definition) is 8. The smallest absolute Gasteiger partial charge is 0.330 e. The Labute approximate surface area is 217 Å². The lowest BCUT2D eigenvalue weighted by molar-refractivity contribution is -0.142. The first kappa shape index (κ1) is 28.0. The van der Waals surface area contributed by atoms with Crippen molar-refractivity contribution < 1.29 is 38.7 Å². The van der Waals surface area contributed by atoms with Gasteiger partial charge in [-0.1, -0.05) is 50.3 Å². The summed E-state index contributed by atoms with van der Waals surface area (Å²) in [6, 6.07) is 15.7. The van der Waals surface area contributed by atoms with Crippen LogP contribution in [0.5, 0.6) is 11.5 Å². The second-order valence-electron chi connectivity index (χ2n) is 8.94. The molecule has 0 radical (unpaired) electrons. The van der Waals surface area contributed by atoms with Crippen molar-refractivity contribution in [2.24, 2.45) is 0 Å². The molecule has 8 nitrogen and oxygen atoms in total. The zero-order valence-corrected chi connectivity index (χ0v) is 20.8. The number of benzene rings is 2. The van der Waals surface area contributed by atoms with Gasteiger partial charge in [-0.3, -0.25) is 0 Å². The predicted molar refractivity (Wildman–Crippen MR) is 137 cm³/mol. The fourth-order valence-corrected chi connectivity index (χ4v) is 4.42. The van der Waals surface area contributed by atoms with E-state index in [2.05, 4.69) is 37.4 Å². The van der Waals surface area contributed by atoms with E-state index < -0.39 is 24.1 Å². The van der Waals surface area contributed by atoms with Crippen molar-refractivity contribution in [1.29, 1.82) is 0 Å². The van der Waals surface area contributed by atoms with Gasteiger partial charge in [0.05, 0.1) is 0 Å². The predicted octanol–water partition coefficient (Wildman–Crippen LogP) is 3.48. The number of carbonyl (C=O) groups excluding carboxylic acids is 2. The highest BCUT2D eigenvalue weighted by atomic mass is 16.6. The van der Waals surface area contributed by atoms with Crippen LogP contribution < -0.4 is 9.47 Å². The van der Waals surface area contributed by atoms with Crippen molar-refractivity contribution >= 4 is 11.9 Å². The second-order valence-corrected chi connectivity index (χ2v) is 8.94. The first-order valence-corrected chi connectivity index (χ1v) is 12.3. The molecule has 37 heavy (non-hydrogen) atoms. The van der Waals surface area contributed by atoms with Crippen LogP contribution in [0, 0.1) is 0 Å². The van der Waals surface area contributed by atoms with Crippen LogP contribution in [0.3, 0.4) is 0 Å². The third-order valence-corrected chi connectivity index (χ3v) is 6.32. The summed E-state index contributed by atoms with van der Waals surface area (Å²) in [6.45, 7) is 6.31. The monoisotopic (exact) mass is 510 g/mol. The number of rotatable bonds is 14. The normalized spacial score (nSPS) is 15.7. The van der Waals surface area contributed by atoms with Crippen LogP contribution in [0.1, 0.15) is 36.8 Å². The maximum absolute atomic E-state index is 11.1. The summed E-state index contributed by atoms with van der Waals surface area (Å²) in [6.07, 6.45) is 4.51. The Morgan fingerprint density at radius 2 is 1.11 bits per heavy atom. The van der Waals surface area contributed by atoms with Crippen molar-refractivity contribution in [3.8, 4) is 11.5 Å². The summed E-state index contributed by atoms with van der Waals surface area (Å²) in [5, 5.41) is 19.9. The number of ether oxygens (including phenoxy) is 4. The first-order chi connectivity index (χ1) is 17.9. The summed E-state index contributed by atoms with van der Waals surface area (Å²) >= 11 is 0. The van der Waals surface area contributed by atoms with Crippen LogP contribution in [-0.2, 0) is 24.5 Å². The lowest BCUT2D eigenvalue weighted by atomic mass is 9.73. The van der Waals surface area contributed by atoms with Crippen molar-refractivity contribution in [1.82, 2.24) is 0 Å². The molecule has 2 N–H and O–H groups in total. The number of esters is 2. The second kappa shape index (κ2) is 13.6. The highest BCUT2D eigenvalue weighted by Gasteiger charge is 2.37. The highest BCUT2D eigenvalue weighted by Crippen LogP contribution is 2.47. The Morgan fingerprint density at radius 1 is 0.730 bits per heavy atom. The molecule has 1 saturated carbocycles. The van der Waals surface area contributed by atoms with Gasteiger partial charge < -0.3 is 29.2 Å². The Hall–Kier alpha value is -3.62. The van der Waals surface area contributed by atoms with Gasteiger partial charge in [-0.15, -0.1) is 0 Å². The van der Waals surface area contributed by atoms with Crippen molar-refractivity contribution in [3.05, 3.63) is 85.0 Å². The van der Waals surface area contributed by atoms with E-state index in [0.29, 0.717) is 11.5 Å². The number of carbonyl (C=O) groups is 2. The lowest BCUT2D eigenvalue weighted by Gasteiger charge is -2.31. The van der Waals surface area contributed by atoms with Crippen LogP contribution in [0.15, 0.2) is 73.8 Å². The lowest BCUT2D eigenvalue weighted by Crippen LogP contribution is -2.25. The van der Waals surface area contributed by atoms with E-state index in [4.69, 9.17) is 18.9 Å². The molecule has 1 aliphatic rings. The van der Waals surface area contributed by atoms with Gasteiger partial charge in [-0.05, 0) is 48.2 Å². The summed E-state index contributed by atoms with van der Waals surface area (Å²) in [5.41, 5.74) is 2.25. The SMILES string of the molecule is C=CC(=O)OCC(O)COc1ccc(C2(c3ccc(OCC(O)COC(=O)C=C)cc3)CCCC2)cc1. The van der Waals surface area contributed by atoms with Crippen molar-refractivity contribution in [2.45, 2.75) is 43.3 Å². The van der Waals surface area contributed by atoms with E-state index in [-0.39, 0.29) is 31.8 Å². The maximum atomic E-state index is 11.1. The van der Waals surface area contributed by atoms with Gasteiger partial charge in [-0.2, -0.15) is 0 Å². The van der Waals surface area contributed by atoms with E-state index in [1.165, 1.54) is 11.1 Å². The molecule has 2 aromatic rings. The minimum atomic E-state index is -0.936. The summed E-state index contributed by atoms with van der Waals surface area (Å²) < 4.78 is 20.9. The molecule has 8 heteroatoms. The number of aliphatic hydroxyl groups is 2. The van der Waals surface area contributed by atoms with Gasteiger partial charge >= 0.3 is 11.9 Å². The molecule has 0 spiro atoms. The molecule has 2 aromatic carbocycles. The standard InChI is InChI=1S/C29H34O8/c1-3-27(32)36-19-23(30)17-34-25-11-7-21(8-12-25)29(15-5-6-16-29)22-9-13-26(14-10-22)35-18-24(31)20-37-28(33)4-2/h3-4,7-14,23-24,30-31H,1-2,5-6,15-20H2. The molecule has 0 aromatic heterocycles. The van der Waals surface area contributed by atoms with Gasteiger partial charge in [-0.25, -0.2) is 9.59 Å². The van der Waals surface area contributed by atoms with Gasteiger partial charge in [0.15, 0.2) is 0 Å². The fraction of sp³-hybridized carbons (Fsp3) is 0.379. The molecule has 3 rings (SSSR count). The molecule has 2 atom stereocenters. The number of aliphatic hydroxyl groups excluding tert-OH is 2. The third-order valence-electron chi connectivity index (χ3n) is 6.32. The topological polar surface area (TPSA) is 112 Å². The Kier molecular flexibility index (Phi) is 10.3. The van der Waals surface area contributed by atoms with Gasteiger partial charge in [0.25, 0.3) is 0 Å². The summed E-state index contributed by atoms with van der Waals surface area (Å²) in [4.78, 5) is 22.2. The van der Waals surface area contributed by atoms with Crippen molar-refractivity contribution in [3.63, 3.8) is 0 Å². The molecule has 0 heterocycles. The van der Waals surface area contributed by atoms with E-state index in [9.17, 15) is 19.8 Å².